The average molecular weight is 419 g/mol. The Hall–Kier alpha value is -2.74. The normalized spacial score (nSPS) is 13.8. The van der Waals surface area contributed by atoms with Crippen molar-refractivity contribution in [3.8, 4) is 17.2 Å². The summed E-state index contributed by atoms with van der Waals surface area (Å²) < 4.78 is 39.3. The number of amides is 1. The van der Waals surface area contributed by atoms with Crippen LogP contribution in [-0.4, -0.2) is 37.8 Å². The number of benzene rings is 2. The maximum Gasteiger partial charge on any atom is 0.308 e. The monoisotopic (exact) mass is 419 g/mol. The molecule has 0 bridgehead atoms. The van der Waals surface area contributed by atoms with E-state index >= 15 is 0 Å². The minimum absolute atomic E-state index is 0.0168. The van der Waals surface area contributed by atoms with Gasteiger partial charge in [-0.3, -0.25) is 4.79 Å². The molecular formula is C21H25NO6S. The zero-order chi connectivity index (χ0) is 21.0. The van der Waals surface area contributed by atoms with Crippen LogP contribution in [0, 0.1) is 0 Å². The fraction of sp³-hybridized carbons (Fsp3) is 0.381. The summed E-state index contributed by atoms with van der Waals surface area (Å²) in [7, 11) is -3.61. The molecule has 2 aromatic rings. The van der Waals surface area contributed by atoms with Gasteiger partial charge in [0, 0.05) is 18.2 Å². The van der Waals surface area contributed by atoms with Gasteiger partial charge in [0.15, 0.2) is 11.5 Å². The Labute approximate surface area is 171 Å². The molecule has 29 heavy (non-hydrogen) atoms. The number of fused-ring (bicyclic) bond motifs is 1. The Balaban J connectivity index is 1.84. The molecular weight excluding hydrogens is 394 g/mol. The highest BCUT2D eigenvalue weighted by Crippen LogP contribution is 2.33. The van der Waals surface area contributed by atoms with Crippen molar-refractivity contribution in [2.75, 3.05) is 12.5 Å². The van der Waals surface area contributed by atoms with Gasteiger partial charge in [0.2, 0.25) is 6.79 Å². The first-order chi connectivity index (χ1) is 13.8. The van der Waals surface area contributed by atoms with E-state index < -0.39 is 10.1 Å². The highest BCUT2D eigenvalue weighted by Gasteiger charge is 2.24. The summed E-state index contributed by atoms with van der Waals surface area (Å²) in [5.41, 5.74) is 1.29. The lowest BCUT2D eigenvalue weighted by Crippen LogP contribution is -2.37. The van der Waals surface area contributed by atoms with E-state index in [0.717, 1.165) is 12.0 Å². The van der Waals surface area contributed by atoms with Crippen molar-refractivity contribution in [1.82, 2.24) is 4.90 Å². The first kappa shape index (κ1) is 21.0. The maximum absolute atomic E-state index is 13.2. The minimum Gasteiger partial charge on any atom is -0.454 e. The zero-order valence-corrected chi connectivity index (χ0v) is 17.6. The van der Waals surface area contributed by atoms with Gasteiger partial charge in [0.05, 0.1) is 5.75 Å². The average Bonchev–Trinajstić information content (AvgIpc) is 3.19. The number of hydrogen-bond donors (Lipinski definition) is 0. The fourth-order valence-corrected chi connectivity index (χ4v) is 3.46. The summed E-state index contributed by atoms with van der Waals surface area (Å²) in [5.74, 6) is 1.17. The number of rotatable bonds is 8. The molecule has 1 atom stereocenters. The van der Waals surface area contributed by atoms with E-state index in [4.69, 9.17) is 13.7 Å². The molecule has 1 aliphatic heterocycles. The summed E-state index contributed by atoms with van der Waals surface area (Å²) in [6.45, 7) is 5.99. The topological polar surface area (TPSA) is 82.1 Å². The number of carbonyl (C=O) groups is 1. The van der Waals surface area contributed by atoms with Gasteiger partial charge in [-0.15, -0.1) is 0 Å². The van der Waals surface area contributed by atoms with Gasteiger partial charge in [-0.1, -0.05) is 19.1 Å². The second-order valence-corrected chi connectivity index (χ2v) is 8.69. The Bertz CT molecular complexity index is 988. The smallest absolute Gasteiger partial charge is 0.308 e. The van der Waals surface area contributed by atoms with E-state index in [1.54, 1.807) is 41.3 Å². The molecule has 0 N–H and O–H groups in total. The van der Waals surface area contributed by atoms with Crippen LogP contribution in [0.1, 0.15) is 43.1 Å². The van der Waals surface area contributed by atoms with Gasteiger partial charge in [-0.05, 0) is 56.2 Å². The largest absolute Gasteiger partial charge is 0.454 e. The Kier molecular flexibility index (Phi) is 6.32. The van der Waals surface area contributed by atoms with E-state index in [0.29, 0.717) is 23.6 Å². The van der Waals surface area contributed by atoms with Crippen molar-refractivity contribution in [1.29, 1.82) is 0 Å². The van der Waals surface area contributed by atoms with Crippen LogP contribution >= 0.6 is 0 Å². The lowest BCUT2D eigenvalue weighted by Gasteiger charge is -2.29. The van der Waals surface area contributed by atoms with Crippen LogP contribution in [0.15, 0.2) is 42.5 Å². The van der Waals surface area contributed by atoms with Crippen LogP contribution in [-0.2, 0) is 16.7 Å². The van der Waals surface area contributed by atoms with Gasteiger partial charge in [-0.25, -0.2) is 0 Å². The molecule has 3 rings (SSSR count). The first-order valence-electron chi connectivity index (χ1n) is 9.54. The van der Waals surface area contributed by atoms with Crippen molar-refractivity contribution in [3.63, 3.8) is 0 Å². The highest BCUT2D eigenvalue weighted by molar-refractivity contribution is 7.87. The van der Waals surface area contributed by atoms with Crippen molar-refractivity contribution < 1.29 is 26.9 Å². The lowest BCUT2D eigenvalue weighted by molar-refractivity contribution is 0.0671. The summed E-state index contributed by atoms with van der Waals surface area (Å²) in [4.78, 5) is 15.0. The summed E-state index contributed by atoms with van der Waals surface area (Å²) in [6.07, 6.45) is 0.775. The molecule has 0 saturated carbocycles. The molecule has 0 saturated heterocycles. The van der Waals surface area contributed by atoms with Crippen LogP contribution in [0.4, 0.5) is 0 Å². The van der Waals surface area contributed by atoms with Crippen molar-refractivity contribution >= 4 is 16.0 Å². The molecule has 1 heterocycles. The van der Waals surface area contributed by atoms with E-state index in [2.05, 4.69) is 0 Å². The second-order valence-electron chi connectivity index (χ2n) is 6.84. The summed E-state index contributed by atoms with van der Waals surface area (Å²) >= 11 is 0. The maximum atomic E-state index is 13.2. The van der Waals surface area contributed by atoms with Crippen molar-refractivity contribution in [2.45, 2.75) is 39.8 Å². The third-order valence-electron chi connectivity index (χ3n) is 4.83. The number of ether oxygens (including phenoxy) is 2. The number of nitrogens with zero attached hydrogens (tertiary/aromatic N) is 1. The molecule has 0 aromatic heterocycles. The van der Waals surface area contributed by atoms with E-state index in [9.17, 15) is 13.2 Å². The van der Waals surface area contributed by atoms with Crippen LogP contribution in [0.5, 0.6) is 17.2 Å². The van der Waals surface area contributed by atoms with Gasteiger partial charge in [-0.2, -0.15) is 8.42 Å². The van der Waals surface area contributed by atoms with Gasteiger partial charge < -0.3 is 18.6 Å². The number of carbonyl (C=O) groups excluding carboxylic acids is 1. The van der Waals surface area contributed by atoms with Gasteiger partial charge >= 0.3 is 10.1 Å². The Morgan fingerprint density at radius 1 is 1.14 bits per heavy atom. The lowest BCUT2D eigenvalue weighted by atomic mass is 10.1. The summed E-state index contributed by atoms with van der Waals surface area (Å²) in [5, 5.41) is 0. The van der Waals surface area contributed by atoms with Gasteiger partial charge in [0.25, 0.3) is 5.91 Å². The molecule has 156 valence electrons. The second kappa shape index (κ2) is 8.73. The van der Waals surface area contributed by atoms with E-state index in [-0.39, 0.29) is 30.2 Å². The Morgan fingerprint density at radius 2 is 1.90 bits per heavy atom. The molecule has 0 radical (unpaired) electrons. The summed E-state index contributed by atoms with van der Waals surface area (Å²) in [6, 6.07) is 11.9. The molecule has 2 aromatic carbocycles. The molecule has 0 fully saturated rings. The standard InChI is InChI=1S/C21H25NO6S/c1-4-15(3)22(21(23)17-9-10-19-20(12-17)27-14-26-19)13-16-7-6-8-18(11-16)28-29(24,25)5-2/h6-12,15H,4-5,13-14H2,1-3H3/t15-/m1/s1. The van der Waals surface area contributed by atoms with Crippen molar-refractivity contribution in [2.24, 2.45) is 0 Å². The van der Waals surface area contributed by atoms with Crippen LogP contribution in [0.3, 0.4) is 0 Å². The third kappa shape index (κ3) is 5.00. The quantitative estimate of drug-likeness (QED) is 0.608. The van der Waals surface area contributed by atoms with E-state index in [1.165, 1.54) is 6.92 Å². The SMILES string of the molecule is CC[C@@H](C)N(Cc1cccc(OS(=O)(=O)CC)c1)C(=O)c1ccc2c(c1)OCO2. The zero-order valence-electron chi connectivity index (χ0n) is 16.8. The molecule has 8 heteroatoms. The molecule has 7 nitrogen and oxygen atoms in total. The predicted molar refractivity (Wildman–Crippen MR) is 109 cm³/mol. The predicted octanol–water partition coefficient (Wildman–Crippen LogP) is 3.58. The molecule has 0 aliphatic carbocycles. The fourth-order valence-electron chi connectivity index (χ4n) is 2.94. The van der Waals surface area contributed by atoms with Crippen molar-refractivity contribution in [3.05, 3.63) is 53.6 Å². The van der Waals surface area contributed by atoms with Crippen LogP contribution < -0.4 is 13.7 Å². The third-order valence-corrected chi connectivity index (χ3v) is 5.98. The van der Waals surface area contributed by atoms with E-state index in [1.807, 2.05) is 19.9 Å². The molecule has 1 aliphatic rings. The van der Waals surface area contributed by atoms with Crippen LogP contribution in [0.25, 0.3) is 0 Å². The number of hydrogen-bond acceptors (Lipinski definition) is 6. The highest BCUT2D eigenvalue weighted by atomic mass is 32.2. The molecule has 0 unspecified atom stereocenters. The molecule has 0 spiro atoms. The van der Waals surface area contributed by atoms with Crippen LogP contribution in [0.2, 0.25) is 0 Å². The van der Waals surface area contributed by atoms with Gasteiger partial charge in [0.1, 0.15) is 5.75 Å². The molecule has 1 amide bonds. The minimum atomic E-state index is -3.61. The first-order valence-corrected chi connectivity index (χ1v) is 11.1. The Morgan fingerprint density at radius 3 is 2.62 bits per heavy atom.